The molecule has 0 atom stereocenters. The first-order valence-corrected chi connectivity index (χ1v) is 9.07. The molecule has 0 unspecified atom stereocenters. The Bertz CT molecular complexity index is 1100. The molecular weight excluding hydrogens is 332 g/mol. The number of unbranched alkanes of at least 4 members (excludes halogenated alkanes) is 3. The van der Waals surface area contributed by atoms with Gasteiger partial charge in [0.1, 0.15) is 27.8 Å². The molecule has 2 heterocycles. The highest BCUT2D eigenvalue weighted by Crippen LogP contribution is 2.42. The van der Waals surface area contributed by atoms with Crippen molar-refractivity contribution in [1.29, 1.82) is 0 Å². The quantitative estimate of drug-likeness (QED) is 0.460. The summed E-state index contributed by atoms with van der Waals surface area (Å²) in [4.78, 5) is 0. The molecule has 4 aromatic rings. The fourth-order valence-electron chi connectivity index (χ4n) is 3.56. The predicted molar refractivity (Wildman–Crippen MR) is 98.5 cm³/mol. The van der Waals surface area contributed by atoms with E-state index >= 15 is 0 Å². The van der Waals surface area contributed by atoms with E-state index in [0.29, 0.717) is 12.1 Å². The number of ether oxygens (including phenoxy) is 1. The van der Waals surface area contributed by atoms with Crippen LogP contribution >= 0.6 is 0 Å². The van der Waals surface area contributed by atoms with E-state index in [-0.39, 0.29) is 0 Å². The molecule has 4 rings (SSSR count). The Morgan fingerprint density at radius 1 is 0.692 bits per heavy atom. The minimum absolute atomic E-state index is 0.645. The summed E-state index contributed by atoms with van der Waals surface area (Å²) < 4.78 is 16.3. The Hall–Kier alpha value is -2.70. The second-order valence-electron chi connectivity index (χ2n) is 6.79. The number of aryl methyl sites for hydroxylation is 3. The summed E-state index contributed by atoms with van der Waals surface area (Å²) in [5.74, 6) is 0.767. The van der Waals surface area contributed by atoms with Crippen molar-refractivity contribution in [1.82, 2.24) is 20.6 Å². The van der Waals surface area contributed by atoms with Crippen LogP contribution in [0.2, 0.25) is 0 Å². The average Bonchev–Trinajstić information content (AvgIpc) is 3.30. The summed E-state index contributed by atoms with van der Waals surface area (Å²) in [6, 6.07) is 0. The molecule has 26 heavy (non-hydrogen) atoms. The Morgan fingerprint density at radius 2 is 1.31 bits per heavy atom. The summed E-state index contributed by atoms with van der Waals surface area (Å²) in [6.07, 6.45) is 4.57. The highest BCUT2D eigenvalue weighted by molar-refractivity contribution is 6.19. The maximum atomic E-state index is 6.23. The SMILES string of the molecule is CCCCCCOc1c(C)c2nonc2c2c(C)c(C)c3nonc3c12. The van der Waals surface area contributed by atoms with Crippen molar-refractivity contribution in [3.8, 4) is 5.75 Å². The van der Waals surface area contributed by atoms with Crippen LogP contribution in [0.25, 0.3) is 32.8 Å². The van der Waals surface area contributed by atoms with Crippen molar-refractivity contribution in [2.75, 3.05) is 6.61 Å². The summed E-state index contributed by atoms with van der Waals surface area (Å²) in [6.45, 7) is 8.86. The van der Waals surface area contributed by atoms with Gasteiger partial charge >= 0.3 is 0 Å². The summed E-state index contributed by atoms with van der Waals surface area (Å²) in [7, 11) is 0. The molecule has 0 aliphatic heterocycles. The zero-order chi connectivity index (χ0) is 18.3. The van der Waals surface area contributed by atoms with Gasteiger partial charge in [0.05, 0.1) is 12.0 Å². The van der Waals surface area contributed by atoms with Gasteiger partial charge < -0.3 is 4.74 Å². The normalized spacial score (nSPS) is 11.8. The second kappa shape index (κ2) is 6.55. The Kier molecular flexibility index (Phi) is 4.22. The molecule has 7 heteroatoms. The third kappa shape index (κ3) is 2.41. The predicted octanol–water partition coefficient (Wildman–Crippen LogP) is 4.80. The van der Waals surface area contributed by atoms with E-state index in [4.69, 9.17) is 14.0 Å². The van der Waals surface area contributed by atoms with E-state index in [0.717, 1.165) is 62.6 Å². The van der Waals surface area contributed by atoms with E-state index < -0.39 is 0 Å². The Labute approximate surface area is 150 Å². The fourth-order valence-corrected chi connectivity index (χ4v) is 3.56. The van der Waals surface area contributed by atoms with E-state index in [1.54, 1.807) is 0 Å². The minimum atomic E-state index is 0.645. The number of aromatic nitrogens is 4. The third-order valence-electron chi connectivity index (χ3n) is 5.16. The van der Waals surface area contributed by atoms with Crippen molar-refractivity contribution < 1.29 is 14.0 Å². The standard InChI is InChI=1S/C19H22N4O3/c1-5-6-7-8-9-24-19-12(4)16-17(22-26-21-16)13-10(2)11(3)15-18(14(13)19)23-25-20-15/h5-9H2,1-4H3. The summed E-state index contributed by atoms with van der Waals surface area (Å²) >= 11 is 0. The van der Waals surface area contributed by atoms with Crippen LogP contribution in [0.5, 0.6) is 5.75 Å². The lowest BCUT2D eigenvalue weighted by molar-refractivity contribution is 0.305. The lowest BCUT2D eigenvalue weighted by Crippen LogP contribution is -2.02. The van der Waals surface area contributed by atoms with Crippen LogP contribution in [0.3, 0.4) is 0 Å². The number of hydrogen-bond donors (Lipinski definition) is 0. The van der Waals surface area contributed by atoms with Crippen molar-refractivity contribution in [2.24, 2.45) is 0 Å². The van der Waals surface area contributed by atoms with Crippen LogP contribution in [0.4, 0.5) is 0 Å². The van der Waals surface area contributed by atoms with Crippen LogP contribution < -0.4 is 4.74 Å². The van der Waals surface area contributed by atoms with Crippen LogP contribution in [0.15, 0.2) is 9.26 Å². The van der Waals surface area contributed by atoms with Gasteiger partial charge in [0.25, 0.3) is 0 Å². The van der Waals surface area contributed by atoms with E-state index in [2.05, 4.69) is 27.6 Å². The van der Waals surface area contributed by atoms with E-state index in [1.807, 2.05) is 20.8 Å². The maximum Gasteiger partial charge on any atom is 0.147 e. The van der Waals surface area contributed by atoms with Gasteiger partial charge in [-0.15, -0.1) is 0 Å². The molecule has 0 aliphatic carbocycles. The van der Waals surface area contributed by atoms with Crippen molar-refractivity contribution in [2.45, 2.75) is 53.4 Å². The number of benzene rings is 2. The number of rotatable bonds is 6. The molecule has 0 spiro atoms. The van der Waals surface area contributed by atoms with Gasteiger partial charge in [0.2, 0.25) is 0 Å². The van der Waals surface area contributed by atoms with Gasteiger partial charge in [-0.25, -0.2) is 9.26 Å². The molecule has 2 aromatic carbocycles. The van der Waals surface area contributed by atoms with Crippen molar-refractivity contribution in [3.63, 3.8) is 0 Å². The van der Waals surface area contributed by atoms with Gasteiger partial charge in [0, 0.05) is 10.9 Å². The third-order valence-corrected chi connectivity index (χ3v) is 5.16. The molecule has 7 nitrogen and oxygen atoms in total. The fraction of sp³-hybridized carbons (Fsp3) is 0.474. The van der Waals surface area contributed by atoms with Crippen molar-refractivity contribution >= 4 is 32.8 Å². The van der Waals surface area contributed by atoms with Gasteiger partial charge in [-0.2, -0.15) is 0 Å². The van der Waals surface area contributed by atoms with Crippen LogP contribution in [0.1, 0.15) is 49.3 Å². The molecule has 0 amide bonds. The van der Waals surface area contributed by atoms with Gasteiger partial charge in [-0.1, -0.05) is 26.2 Å². The largest absolute Gasteiger partial charge is 0.492 e. The highest BCUT2D eigenvalue weighted by atomic mass is 16.6. The zero-order valence-electron chi connectivity index (χ0n) is 15.5. The van der Waals surface area contributed by atoms with Crippen LogP contribution in [0, 0.1) is 20.8 Å². The monoisotopic (exact) mass is 354 g/mol. The van der Waals surface area contributed by atoms with E-state index in [1.165, 1.54) is 12.8 Å². The molecule has 0 saturated heterocycles. The minimum Gasteiger partial charge on any atom is -0.492 e. The Morgan fingerprint density at radius 3 is 2.00 bits per heavy atom. The van der Waals surface area contributed by atoms with Crippen LogP contribution in [-0.2, 0) is 0 Å². The molecule has 0 N–H and O–H groups in total. The van der Waals surface area contributed by atoms with Gasteiger partial charge in [-0.3, -0.25) is 0 Å². The topological polar surface area (TPSA) is 87.1 Å². The molecule has 0 bridgehead atoms. The highest BCUT2D eigenvalue weighted by Gasteiger charge is 2.24. The number of hydrogen-bond acceptors (Lipinski definition) is 7. The molecule has 136 valence electrons. The lowest BCUT2D eigenvalue weighted by atomic mass is 9.95. The molecular formula is C19H22N4O3. The molecule has 0 fully saturated rings. The molecule has 2 aromatic heterocycles. The molecule has 0 radical (unpaired) electrons. The number of fused-ring (bicyclic) bond motifs is 5. The zero-order valence-corrected chi connectivity index (χ0v) is 15.5. The Balaban J connectivity index is 1.97. The molecule has 0 saturated carbocycles. The van der Waals surface area contributed by atoms with Crippen molar-refractivity contribution in [3.05, 3.63) is 16.7 Å². The van der Waals surface area contributed by atoms with Crippen LogP contribution in [-0.4, -0.2) is 27.2 Å². The van der Waals surface area contributed by atoms with Gasteiger partial charge in [0.15, 0.2) is 0 Å². The molecule has 0 aliphatic rings. The first kappa shape index (κ1) is 16.8. The smallest absolute Gasteiger partial charge is 0.147 e. The van der Waals surface area contributed by atoms with E-state index in [9.17, 15) is 0 Å². The summed E-state index contributed by atoms with van der Waals surface area (Å²) in [5.41, 5.74) is 5.86. The number of nitrogens with zero attached hydrogens (tertiary/aromatic N) is 4. The van der Waals surface area contributed by atoms with Gasteiger partial charge in [-0.05, 0) is 58.9 Å². The lowest BCUT2D eigenvalue weighted by Gasteiger charge is -2.15. The first-order valence-electron chi connectivity index (χ1n) is 9.07. The average molecular weight is 354 g/mol. The second-order valence-corrected chi connectivity index (χ2v) is 6.79. The summed E-state index contributed by atoms with van der Waals surface area (Å²) in [5, 5.41) is 18.3. The first-order chi connectivity index (χ1) is 12.6. The maximum absolute atomic E-state index is 6.23.